The summed E-state index contributed by atoms with van der Waals surface area (Å²) < 4.78 is 0. The lowest BCUT2D eigenvalue weighted by Gasteiger charge is -2.38. The van der Waals surface area contributed by atoms with Crippen molar-refractivity contribution in [3.8, 4) is 0 Å². The SMILES string of the molecule is CN(C(=O)NCCCC(C)(C)CO)C1CCCN(c2ccccc2)C1. The number of carbonyl (C=O) groups is 1. The number of aliphatic hydroxyl groups excluding tert-OH is 1. The lowest BCUT2D eigenvalue weighted by atomic mass is 9.89. The maximum atomic E-state index is 12.4. The van der Waals surface area contributed by atoms with Crippen molar-refractivity contribution in [1.82, 2.24) is 10.2 Å². The van der Waals surface area contributed by atoms with Crippen molar-refractivity contribution in [3.05, 3.63) is 30.3 Å². The highest BCUT2D eigenvalue weighted by atomic mass is 16.3. The molecule has 0 aliphatic carbocycles. The van der Waals surface area contributed by atoms with Gasteiger partial charge in [-0.05, 0) is 43.2 Å². The third kappa shape index (κ3) is 5.92. The van der Waals surface area contributed by atoms with Crippen LogP contribution in [0.15, 0.2) is 30.3 Å². The molecule has 0 radical (unpaired) electrons. The third-order valence-corrected chi connectivity index (χ3v) is 5.12. The minimum absolute atomic E-state index is 0.00159. The first-order chi connectivity index (χ1) is 11.9. The van der Waals surface area contributed by atoms with E-state index in [1.54, 1.807) is 0 Å². The fourth-order valence-corrected chi connectivity index (χ4v) is 3.28. The Labute approximate surface area is 152 Å². The van der Waals surface area contributed by atoms with Gasteiger partial charge in [0.05, 0.1) is 6.04 Å². The number of nitrogens with zero attached hydrogens (tertiary/aromatic N) is 2. The quantitative estimate of drug-likeness (QED) is 0.745. The first-order valence-corrected chi connectivity index (χ1v) is 9.34. The molecule has 2 amide bonds. The van der Waals surface area contributed by atoms with Gasteiger partial charge in [-0.25, -0.2) is 4.79 Å². The van der Waals surface area contributed by atoms with E-state index < -0.39 is 0 Å². The predicted octanol–water partition coefficient (Wildman–Crippen LogP) is 3.10. The molecule has 1 atom stereocenters. The molecule has 1 aliphatic rings. The number of carbonyl (C=O) groups excluding carboxylic acids is 1. The van der Waals surface area contributed by atoms with Crippen LogP contribution in [0.5, 0.6) is 0 Å². The summed E-state index contributed by atoms with van der Waals surface area (Å²) in [5, 5.41) is 12.3. The molecule has 140 valence electrons. The number of piperidine rings is 1. The summed E-state index contributed by atoms with van der Waals surface area (Å²) in [4.78, 5) is 16.6. The van der Waals surface area contributed by atoms with Gasteiger partial charge in [-0.2, -0.15) is 0 Å². The molecule has 1 aromatic rings. The summed E-state index contributed by atoms with van der Waals surface area (Å²) in [6, 6.07) is 10.6. The normalized spacial score (nSPS) is 18.1. The number of rotatable bonds is 7. The van der Waals surface area contributed by atoms with Crippen molar-refractivity contribution in [2.45, 2.75) is 45.6 Å². The molecule has 25 heavy (non-hydrogen) atoms. The first-order valence-electron chi connectivity index (χ1n) is 9.34. The topological polar surface area (TPSA) is 55.8 Å². The largest absolute Gasteiger partial charge is 0.396 e. The third-order valence-electron chi connectivity index (χ3n) is 5.12. The van der Waals surface area contributed by atoms with E-state index in [0.29, 0.717) is 6.54 Å². The van der Waals surface area contributed by atoms with Gasteiger partial charge in [-0.3, -0.25) is 0 Å². The lowest BCUT2D eigenvalue weighted by Crippen LogP contribution is -2.51. The zero-order valence-corrected chi connectivity index (χ0v) is 15.9. The van der Waals surface area contributed by atoms with Crippen molar-refractivity contribution in [3.63, 3.8) is 0 Å². The van der Waals surface area contributed by atoms with Crippen LogP contribution >= 0.6 is 0 Å². The Morgan fingerprint density at radius 3 is 2.76 bits per heavy atom. The van der Waals surface area contributed by atoms with Gasteiger partial charge < -0.3 is 20.2 Å². The average molecular weight is 348 g/mol. The molecule has 0 bridgehead atoms. The fraction of sp³-hybridized carbons (Fsp3) is 0.650. The molecule has 0 aromatic heterocycles. The molecule has 1 aliphatic heterocycles. The highest BCUT2D eigenvalue weighted by Gasteiger charge is 2.26. The van der Waals surface area contributed by atoms with E-state index in [2.05, 4.69) is 34.5 Å². The standard InChI is InChI=1S/C20H33N3O2/c1-20(2,16-24)12-8-13-21-19(25)22(3)18-11-7-14-23(15-18)17-9-5-4-6-10-17/h4-6,9-10,18,24H,7-8,11-16H2,1-3H3,(H,21,25). The number of hydrogen-bond donors (Lipinski definition) is 2. The van der Waals surface area contributed by atoms with E-state index in [-0.39, 0.29) is 24.1 Å². The Balaban J connectivity index is 1.79. The van der Waals surface area contributed by atoms with Crippen LogP contribution < -0.4 is 10.2 Å². The fourth-order valence-electron chi connectivity index (χ4n) is 3.28. The van der Waals surface area contributed by atoms with Gasteiger partial charge in [-0.1, -0.05) is 32.0 Å². The Hall–Kier alpha value is -1.75. The van der Waals surface area contributed by atoms with Gasteiger partial charge in [0.1, 0.15) is 0 Å². The van der Waals surface area contributed by atoms with Gasteiger partial charge in [0.15, 0.2) is 0 Å². The summed E-state index contributed by atoms with van der Waals surface area (Å²) >= 11 is 0. The predicted molar refractivity (Wildman–Crippen MR) is 103 cm³/mol. The number of amides is 2. The summed E-state index contributed by atoms with van der Waals surface area (Å²) in [5.74, 6) is 0. The Morgan fingerprint density at radius 1 is 1.36 bits per heavy atom. The van der Waals surface area contributed by atoms with Crippen molar-refractivity contribution in [2.75, 3.05) is 38.2 Å². The molecule has 1 fully saturated rings. The Bertz CT molecular complexity index is 533. The minimum atomic E-state index is -0.0732. The number of nitrogens with one attached hydrogen (secondary N) is 1. The maximum Gasteiger partial charge on any atom is 0.317 e. The first kappa shape index (κ1) is 19.6. The minimum Gasteiger partial charge on any atom is -0.396 e. The van der Waals surface area contributed by atoms with Crippen LogP contribution in [0.25, 0.3) is 0 Å². The second-order valence-electron chi connectivity index (χ2n) is 7.85. The number of likely N-dealkylation sites (N-methyl/N-ethyl adjacent to an activating group) is 1. The summed E-state index contributed by atoms with van der Waals surface area (Å²) in [5.41, 5.74) is 1.16. The van der Waals surface area contributed by atoms with Crippen LogP contribution in [0.1, 0.15) is 39.5 Å². The molecule has 5 heteroatoms. The summed E-state index contributed by atoms with van der Waals surface area (Å²) in [7, 11) is 1.89. The van der Waals surface area contributed by atoms with Gasteiger partial charge >= 0.3 is 6.03 Å². The van der Waals surface area contributed by atoms with Crippen LogP contribution in [0.2, 0.25) is 0 Å². The molecule has 1 unspecified atom stereocenters. The second kappa shape index (κ2) is 9.09. The van der Waals surface area contributed by atoms with E-state index >= 15 is 0 Å². The molecule has 1 aromatic carbocycles. The van der Waals surface area contributed by atoms with Crippen molar-refractivity contribution in [1.29, 1.82) is 0 Å². The number of aliphatic hydroxyl groups is 1. The number of para-hydroxylation sites is 1. The number of anilines is 1. The molecule has 0 saturated carbocycles. The van der Waals surface area contributed by atoms with Gasteiger partial charge in [-0.15, -0.1) is 0 Å². The highest BCUT2D eigenvalue weighted by molar-refractivity contribution is 5.74. The van der Waals surface area contributed by atoms with Crippen LogP contribution in [-0.4, -0.2) is 55.4 Å². The monoisotopic (exact) mass is 347 g/mol. The molecule has 2 rings (SSSR count). The van der Waals surface area contributed by atoms with Gasteiger partial charge in [0.2, 0.25) is 0 Å². The summed E-state index contributed by atoms with van der Waals surface area (Å²) in [6.07, 6.45) is 3.93. The Kier molecular flexibility index (Phi) is 7.12. The molecule has 2 N–H and O–H groups in total. The smallest absolute Gasteiger partial charge is 0.317 e. The van der Waals surface area contributed by atoms with Crippen LogP contribution in [0, 0.1) is 5.41 Å². The van der Waals surface area contributed by atoms with E-state index in [9.17, 15) is 9.90 Å². The van der Waals surface area contributed by atoms with Gasteiger partial charge in [0, 0.05) is 39.0 Å². The molecule has 1 heterocycles. The Morgan fingerprint density at radius 2 is 2.08 bits per heavy atom. The van der Waals surface area contributed by atoms with Crippen LogP contribution in [0.3, 0.4) is 0 Å². The highest BCUT2D eigenvalue weighted by Crippen LogP contribution is 2.22. The van der Waals surface area contributed by atoms with Crippen LogP contribution in [-0.2, 0) is 0 Å². The number of benzene rings is 1. The van der Waals surface area contributed by atoms with Crippen molar-refractivity contribution >= 4 is 11.7 Å². The maximum absolute atomic E-state index is 12.4. The van der Waals surface area contributed by atoms with Crippen LogP contribution in [0.4, 0.5) is 10.5 Å². The van der Waals surface area contributed by atoms with E-state index in [1.165, 1.54) is 5.69 Å². The van der Waals surface area contributed by atoms with Gasteiger partial charge in [0.25, 0.3) is 0 Å². The zero-order valence-electron chi connectivity index (χ0n) is 15.9. The zero-order chi connectivity index (χ0) is 18.3. The average Bonchev–Trinajstić information content (AvgIpc) is 2.65. The molecule has 0 spiro atoms. The van der Waals surface area contributed by atoms with Crippen molar-refractivity contribution < 1.29 is 9.90 Å². The van der Waals surface area contributed by atoms with E-state index in [4.69, 9.17) is 0 Å². The molecule has 1 saturated heterocycles. The lowest BCUT2D eigenvalue weighted by molar-refractivity contribution is 0.147. The van der Waals surface area contributed by atoms with E-state index in [1.807, 2.05) is 31.9 Å². The second-order valence-corrected chi connectivity index (χ2v) is 7.85. The number of urea groups is 1. The summed E-state index contributed by atoms with van der Waals surface area (Å²) in [6.45, 7) is 6.85. The van der Waals surface area contributed by atoms with Crippen molar-refractivity contribution in [2.24, 2.45) is 5.41 Å². The molecular weight excluding hydrogens is 314 g/mol. The number of hydrogen-bond acceptors (Lipinski definition) is 3. The van der Waals surface area contributed by atoms with E-state index in [0.717, 1.165) is 38.8 Å². The molecular formula is C20H33N3O2. The molecule has 5 nitrogen and oxygen atoms in total.